The molecule has 0 saturated carbocycles. The highest BCUT2D eigenvalue weighted by Gasteiger charge is 2.16. The van der Waals surface area contributed by atoms with Gasteiger partial charge in [-0.1, -0.05) is 15.9 Å². The minimum Gasteiger partial charge on any atom is -0.294 e. The van der Waals surface area contributed by atoms with Gasteiger partial charge in [-0.2, -0.15) is 0 Å². The molecule has 7 heavy (non-hydrogen) atoms. The summed E-state index contributed by atoms with van der Waals surface area (Å²) < 4.78 is 0. The highest BCUT2D eigenvalue weighted by atomic mass is 79.9. The number of alkyl halides is 1. The third-order valence-electron chi connectivity index (χ3n) is 1.26. The molecule has 1 radical (unpaired) electrons. The number of nitrogens with zero attached hydrogens (tertiary/aromatic N) is 1. The Kier molecular flexibility index (Phi) is 1.70. The smallest absolute Gasteiger partial charge is 0.0656 e. The molecule has 1 heterocycles. The van der Waals surface area contributed by atoms with E-state index in [1.165, 1.54) is 6.42 Å². The molecule has 0 aromatic carbocycles. The van der Waals surface area contributed by atoms with E-state index in [1.807, 2.05) is 0 Å². The molecule has 0 amide bonds. The average molecular weight is 163 g/mol. The molecule has 1 rings (SSSR count). The Morgan fingerprint density at radius 2 is 2.57 bits per heavy atom. The molecule has 0 aliphatic carbocycles. The maximum atomic E-state index is 3.50. The first-order valence-corrected chi connectivity index (χ1v) is 3.38. The minimum atomic E-state index is 0.604. The first kappa shape index (κ1) is 5.57. The Hall–Kier alpha value is 0.440. The van der Waals surface area contributed by atoms with Crippen molar-refractivity contribution in [1.82, 2.24) is 4.90 Å². The van der Waals surface area contributed by atoms with Crippen LogP contribution in [0.15, 0.2) is 0 Å². The van der Waals surface area contributed by atoms with E-state index in [0.29, 0.717) is 4.95 Å². The molecule has 0 bridgehead atoms. The molecule has 1 saturated heterocycles. The molecule has 2 heteroatoms. The van der Waals surface area contributed by atoms with Crippen molar-refractivity contribution in [3.63, 3.8) is 0 Å². The van der Waals surface area contributed by atoms with Crippen LogP contribution in [0, 0.1) is 6.42 Å². The van der Waals surface area contributed by atoms with Gasteiger partial charge in [-0.25, -0.2) is 0 Å². The van der Waals surface area contributed by atoms with Crippen LogP contribution in [-0.2, 0) is 0 Å². The van der Waals surface area contributed by atoms with Crippen molar-refractivity contribution in [3.05, 3.63) is 6.42 Å². The van der Waals surface area contributed by atoms with Crippen molar-refractivity contribution in [3.8, 4) is 0 Å². The molecule has 1 aliphatic rings. The van der Waals surface area contributed by atoms with Gasteiger partial charge in [-0.15, -0.1) is 0 Å². The Bertz CT molecular complexity index is 57.1. The maximum Gasteiger partial charge on any atom is 0.0656 e. The summed E-state index contributed by atoms with van der Waals surface area (Å²) in [4.78, 5) is 2.87. The Morgan fingerprint density at radius 3 is 2.71 bits per heavy atom. The molecule has 1 aliphatic heterocycles. The molecule has 0 aromatic rings. The van der Waals surface area contributed by atoms with Gasteiger partial charge in [-0.05, 0) is 19.9 Å². The largest absolute Gasteiger partial charge is 0.294 e. The monoisotopic (exact) mass is 162 g/mol. The second-order valence-electron chi connectivity index (χ2n) is 1.90. The summed E-state index contributed by atoms with van der Waals surface area (Å²) in [6.45, 7) is 1.13. The number of rotatable bonds is 0. The Morgan fingerprint density at radius 1 is 1.86 bits per heavy atom. The van der Waals surface area contributed by atoms with Gasteiger partial charge in [-0.3, -0.25) is 4.90 Å². The van der Waals surface area contributed by atoms with Gasteiger partial charge in [0.2, 0.25) is 0 Å². The fourth-order valence-corrected chi connectivity index (χ4v) is 1.14. The van der Waals surface area contributed by atoms with Crippen molar-refractivity contribution in [2.24, 2.45) is 0 Å². The van der Waals surface area contributed by atoms with Gasteiger partial charge < -0.3 is 0 Å². The molecular weight excluding hydrogens is 154 g/mol. The molecule has 1 atom stereocenters. The fraction of sp³-hybridized carbons (Fsp3) is 0.800. The molecule has 1 unspecified atom stereocenters. The lowest BCUT2D eigenvalue weighted by molar-refractivity contribution is 0.401. The van der Waals surface area contributed by atoms with Gasteiger partial charge >= 0.3 is 0 Å². The topological polar surface area (TPSA) is 3.24 Å². The number of hydrogen-bond donors (Lipinski definition) is 0. The summed E-state index contributed by atoms with van der Waals surface area (Å²) in [5.41, 5.74) is 0. The van der Waals surface area contributed by atoms with E-state index in [9.17, 15) is 0 Å². The van der Waals surface area contributed by atoms with Crippen LogP contribution in [0.1, 0.15) is 6.42 Å². The number of likely N-dealkylation sites (tertiary alicyclic amines) is 1. The van der Waals surface area contributed by atoms with Crippen LogP contribution in [-0.4, -0.2) is 23.4 Å². The lowest BCUT2D eigenvalue weighted by atomic mass is 10.4. The summed E-state index contributed by atoms with van der Waals surface area (Å²) in [5.74, 6) is 0. The van der Waals surface area contributed by atoms with Crippen LogP contribution in [0.25, 0.3) is 0 Å². The molecule has 0 aromatic heterocycles. The summed E-state index contributed by atoms with van der Waals surface area (Å²) in [7, 11) is 2.11. The van der Waals surface area contributed by atoms with Crippen molar-refractivity contribution < 1.29 is 0 Å². The van der Waals surface area contributed by atoms with Crippen LogP contribution in [0.5, 0.6) is 0 Å². The molecule has 0 N–H and O–H groups in total. The van der Waals surface area contributed by atoms with Crippen LogP contribution < -0.4 is 0 Å². The van der Waals surface area contributed by atoms with Gasteiger partial charge in [0.25, 0.3) is 0 Å². The average Bonchev–Trinajstić information content (AvgIpc) is 1.91. The van der Waals surface area contributed by atoms with Crippen LogP contribution >= 0.6 is 15.9 Å². The standard InChI is InChI=1S/C5H9BrN/c1-7-4-2-3-5(7)6/h2,5H,3-4H2,1H3. The van der Waals surface area contributed by atoms with E-state index in [2.05, 4.69) is 34.3 Å². The van der Waals surface area contributed by atoms with Crippen molar-refractivity contribution in [2.45, 2.75) is 11.4 Å². The van der Waals surface area contributed by atoms with Gasteiger partial charge in [0.05, 0.1) is 4.95 Å². The fourth-order valence-electron chi connectivity index (χ4n) is 0.710. The maximum absolute atomic E-state index is 3.50. The van der Waals surface area contributed by atoms with Crippen LogP contribution in [0.3, 0.4) is 0 Å². The molecule has 41 valence electrons. The molecular formula is C5H9BrN. The normalized spacial score (nSPS) is 34.3. The van der Waals surface area contributed by atoms with Crippen molar-refractivity contribution in [2.75, 3.05) is 13.6 Å². The summed E-state index contributed by atoms with van der Waals surface area (Å²) in [6.07, 6.45) is 3.47. The second kappa shape index (κ2) is 2.14. The van der Waals surface area contributed by atoms with E-state index in [0.717, 1.165) is 6.54 Å². The summed E-state index contributed by atoms with van der Waals surface area (Å²) in [5, 5.41) is 0. The van der Waals surface area contributed by atoms with Gasteiger partial charge in [0, 0.05) is 6.54 Å². The number of halogens is 1. The summed E-state index contributed by atoms with van der Waals surface area (Å²) >= 11 is 3.50. The first-order valence-electron chi connectivity index (χ1n) is 2.46. The van der Waals surface area contributed by atoms with E-state index in [1.54, 1.807) is 0 Å². The number of hydrogen-bond acceptors (Lipinski definition) is 1. The van der Waals surface area contributed by atoms with E-state index < -0.39 is 0 Å². The zero-order chi connectivity index (χ0) is 5.28. The van der Waals surface area contributed by atoms with E-state index >= 15 is 0 Å². The molecule has 0 spiro atoms. The Labute approximate surface area is 52.8 Å². The highest BCUT2D eigenvalue weighted by Crippen LogP contribution is 2.18. The SMILES string of the molecule is CN1C[CH]CC1Br. The quantitative estimate of drug-likeness (QED) is 0.383. The van der Waals surface area contributed by atoms with E-state index in [4.69, 9.17) is 0 Å². The third kappa shape index (κ3) is 1.16. The van der Waals surface area contributed by atoms with E-state index in [-0.39, 0.29) is 0 Å². The van der Waals surface area contributed by atoms with Crippen molar-refractivity contribution in [1.29, 1.82) is 0 Å². The molecule has 1 fully saturated rings. The summed E-state index contributed by atoms with van der Waals surface area (Å²) in [6, 6.07) is 0. The third-order valence-corrected chi connectivity index (χ3v) is 2.33. The zero-order valence-electron chi connectivity index (χ0n) is 4.39. The predicted molar refractivity (Wildman–Crippen MR) is 34.3 cm³/mol. The lowest BCUT2D eigenvalue weighted by Gasteiger charge is -2.10. The predicted octanol–water partition coefficient (Wildman–Crippen LogP) is 1.25. The first-order chi connectivity index (χ1) is 3.30. The Balaban J connectivity index is 2.33. The molecule has 1 nitrogen and oxygen atoms in total. The highest BCUT2D eigenvalue weighted by molar-refractivity contribution is 9.09. The minimum absolute atomic E-state index is 0.604. The van der Waals surface area contributed by atoms with Crippen LogP contribution in [0.4, 0.5) is 0 Å². The van der Waals surface area contributed by atoms with Gasteiger partial charge in [0.15, 0.2) is 0 Å². The van der Waals surface area contributed by atoms with Crippen LogP contribution in [0.2, 0.25) is 0 Å². The van der Waals surface area contributed by atoms with Crippen molar-refractivity contribution >= 4 is 15.9 Å². The second-order valence-corrected chi connectivity index (χ2v) is 2.96. The lowest BCUT2D eigenvalue weighted by Crippen LogP contribution is -2.18. The zero-order valence-corrected chi connectivity index (χ0v) is 5.98. The van der Waals surface area contributed by atoms with Gasteiger partial charge in [0.1, 0.15) is 0 Å².